The van der Waals surface area contributed by atoms with Gasteiger partial charge in [0.25, 0.3) is 0 Å². The van der Waals surface area contributed by atoms with Gasteiger partial charge in [0.05, 0.1) is 15.4 Å². The van der Waals surface area contributed by atoms with Crippen molar-refractivity contribution in [2.45, 2.75) is 20.2 Å². The lowest BCUT2D eigenvalue weighted by Gasteiger charge is -2.09. The number of thiophene rings is 1. The van der Waals surface area contributed by atoms with Crippen LogP contribution >= 0.6 is 11.3 Å². The third-order valence-corrected chi connectivity index (χ3v) is 8.07. The summed E-state index contributed by atoms with van der Waals surface area (Å²) in [4.78, 5) is -0.273. The van der Waals surface area contributed by atoms with Crippen molar-refractivity contribution in [2.75, 3.05) is 0 Å². The van der Waals surface area contributed by atoms with Gasteiger partial charge < -0.3 is 4.18 Å². The van der Waals surface area contributed by atoms with E-state index in [0.717, 1.165) is 29.6 Å². The molecule has 2 aromatic carbocycles. The van der Waals surface area contributed by atoms with Gasteiger partial charge in [0, 0.05) is 5.38 Å². The summed E-state index contributed by atoms with van der Waals surface area (Å²) in [7, 11) is -8.45. The molecule has 1 aromatic heterocycles. The maximum Gasteiger partial charge on any atom is 0.416 e. The van der Waals surface area contributed by atoms with Crippen molar-refractivity contribution >= 4 is 31.3 Å². The number of sulfone groups is 1. The zero-order valence-electron chi connectivity index (χ0n) is 13.8. The van der Waals surface area contributed by atoms with Crippen LogP contribution in [0.25, 0.3) is 0 Å². The molecule has 0 N–H and O–H groups in total. The van der Waals surface area contributed by atoms with Crippen LogP contribution in [0.3, 0.4) is 0 Å². The highest BCUT2D eigenvalue weighted by molar-refractivity contribution is 7.92. The van der Waals surface area contributed by atoms with Gasteiger partial charge in [-0.15, -0.1) is 11.3 Å². The molecule has 0 aliphatic carbocycles. The molecule has 148 valence electrons. The van der Waals surface area contributed by atoms with Crippen molar-refractivity contribution in [1.29, 1.82) is 0 Å². The molecule has 0 bridgehead atoms. The minimum atomic E-state index is -4.66. The van der Waals surface area contributed by atoms with E-state index < -0.39 is 41.7 Å². The first-order valence-corrected chi connectivity index (χ1v) is 11.3. The fraction of sp³-hybridized carbons (Fsp3) is 0.0588. The highest BCUT2D eigenvalue weighted by Gasteiger charge is 2.31. The molecule has 0 saturated heterocycles. The van der Waals surface area contributed by atoms with E-state index in [2.05, 4.69) is 0 Å². The molecule has 3 aromatic rings. The molecular formula is C17H11F3O5S3. The van der Waals surface area contributed by atoms with Gasteiger partial charge >= 0.3 is 16.3 Å². The molecule has 5 nitrogen and oxygen atoms in total. The Morgan fingerprint density at radius 3 is 2.14 bits per heavy atom. The summed E-state index contributed by atoms with van der Waals surface area (Å²) in [5.41, 5.74) is -1.07. The molecule has 0 aliphatic heterocycles. The molecule has 28 heavy (non-hydrogen) atoms. The molecule has 0 radical (unpaired) electrons. The summed E-state index contributed by atoms with van der Waals surface area (Å²) >= 11 is 0.593. The molecule has 1 heterocycles. The normalized spacial score (nSPS) is 12.7. The second-order valence-corrected chi connectivity index (χ2v) is 10.1. The first-order chi connectivity index (χ1) is 13.0. The Kier molecular flexibility index (Phi) is 5.26. The monoisotopic (exact) mass is 448 g/mol. The predicted molar refractivity (Wildman–Crippen MR) is 95.5 cm³/mol. The largest absolute Gasteiger partial charge is 0.416 e. The van der Waals surface area contributed by atoms with E-state index in [1.165, 1.54) is 24.3 Å². The topological polar surface area (TPSA) is 77.5 Å². The molecule has 0 unspecified atom stereocenters. The minimum absolute atomic E-state index is 0.0180. The molecular weight excluding hydrogens is 437 g/mol. The van der Waals surface area contributed by atoms with Gasteiger partial charge in [-0.2, -0.15) is 21.6 Å². The summed E-state index contributed by atoms with van der Waals surface area (Å²) in [6.45, 7) is 0. The number of benzene rings is 2. The maximum absolute atomic E-state index is 12.7. The summed E-state index contributed by atoms with van der Waals surface area (Å²) in [6, 6.07) is 11.7. The van der Waals surface area contributed by atoms with E-state index in [4.69, 9.17) is 4.18 Å². The van der Waals surface area contributed by atoms with Crippen LogP contribution in [-0.4, -0.2) is 16.8 Å². The fourth-order valence-corrected chi connectivity index (χ4v) is 5.98. The standard InChI is InChI=1S/C17H11F3O5S3/c18-17(19,20)12-5-4-6-13(9-12)25-28(23,24)16-10-15(11-26-16)27(21,22)14-7-2-1-3-8-14/h1-11H. The molecule has 3 rings (SSSR count). The second kappa shape index (κ2) is 7.22. The van der Waals surface area contributed by atoms with Crippen LogP contribution in [0.1, 0.15) is 5.56 Å². The summed E-state index contributed by atoms with van der Waals surface area (Å²) in [5.74, 6) is -0.532. The van der Waals surface area contributed by atoms with Gasteiger partial charge in [-0.25, -0.2) is 8.42 Å². The SMILES string of the molecule is O=S(=O)(Oc1cccc(C(F)(F)F)c1)c1cc(S(=O)(=O)c2ccccc2)cs1. The molecule has 0 fully saturated rings. The van der Waals surface area contributed by atoms with E-state index in [1.54, 1.807) is 6.07 Å². The van der Waals surface area contributed by atoms with E-state index in [1.807, 2.05) is 0 Å². The lowest BCUT2D eigenvalue weighted by Crippen LogP contribution is -2.10. The van der Waals surface area contributed by atoms with Crippen molar-refractivity contribution in [3.63, 3.8) is 0 Å². The molecule has 11 heteroatoms. The van der Waals surface area contributed by atoms with E-state index in [-0.39, 0.29) is 9.79 Å². The predicted octanol–water partition coefficient (Wildman–Crippen LogP) is 4.37. The van der Waals surface area contributed by atoms with Crippen LogP contribution in [0.4, 0.5) is 13.2 Å². The quantitative estimate of drug-likeness (QED) is 0.542. The number of rotatable bonds is 5. The third kappa shape index (κ3) is 4.21. The van der Waals surface area contributed by atoms with Crippen LogP contribution in [0.15, 0.2) is 80.0 Å². The van der Waals surface area contributed by atoms with Crippen LogP contribution < -0.4 is 4.18 Å². The Morgan fingerprint density at radius 1 is 0.821 bits per heavy atom. The number of hydrogen-bond acceptors (Lipinski definition) is 6. The van der Waals surface area contributed by atoms with Crippen molar-refractivity contribution in [1.82, 2.24) is 0 Å². The van der Waals surface area contributed by atoms with Crippen LogP contribution in [0, 0.1) is 0 Å². The Morgan fingerprint density at radius 2 is 1.50 bits per heavy atom. The van der Waals surface area contributed by atoms with Gasteiger partial charge in [-0.05, 0) is 36.4 Å². The van der Waals surface area contributed by atoms with Crippen LogP contribution in [-0.2, 0) is 26.1 Å². The minimum Gasteiger partial charge on any atom is -0.378 e. The van der Waals surface area contributed by atoms with Crippen molar-refractivity contribution in [3.05, 3.63) is 71.6 Å². The Bertz CT molecular complexity index is 1200. The fourth-order valence-electron chi connectivity index (χ4n) is 2.20. The summed E-state index contributed by atoms with van der Waals surface area (Å²) in [6.07, 6.45) is -4.66. The Balaban J connectivity index is 1.91. The highest BCUT2D eigenvalue weighted by Crippen LogP contribution is 2.33. The second-order valence-electron chi connectivity index (χ2n) is 5.48. The van der Waals surface area contributed by atoms with Gasteiger partial charge in [-0.1, -0.05) is 24.3 Å². The molecule has 0 amide bonds. The van der Waals surface area contributed by atoms with Gasteiger partial charge in [0.2, 0.25) is 9.84 Å². The van der Waals surface area contributed by atoms with E-state index in [9.17, 15) is 30.0 Å². The van der Waals surface area contributed by atoms with E-state index >= 15 is 0 Å². The molecule has 0 atom stereocenters. The first kappa shape index (κ1) is 20.4. The van der Waals surface area contributed by atoms with Crippen LogP contribution in [0.5, 0.6) is 5.75 Å². The van der Waals surface area contributed by atoms with Crippen molar-refractivity contribution in [2.24, 2.45) is 0 Å². The van der Waals surface area contributed by atoms with E-state index in [0.29, 0.717) is 17.4 Å². The van der Waals surface area contributed by atoms with Crippen molar-refractivity contribution < 1.29 is 34.2 Å². The third-order valence-electron chi connectivity index (χ3n) is 3.53. The first-order valence-electron chi connectivity index (χ1n) is 7.50. The molecule has 0 saturated carbocycles. The molecule has 0 aliphatic rings. The summed E-state index contributed by atoms with van der Waals surface area (Å²) < 4.78 is 92.3. The average molecular weight is 448 g/mol. The summed E-state index contributed by atoms with van der Waals surface area (Å²) in [5, 5.41) is 1.13. The average Bonchev–Trinajstić information content (AvgIpc) is 3.14. The smallest absolute Gasteiger partial charge is 0.378 e. The van der Waals surface area contributed by atoms with Gasteiger partial charge in [-0.3, -0.25) is 0 Å². The Labute approximate surface area is 163 Å². The number of alkyl halides is 3. The lowest BCUT2D eigenvalue weighted by atomic mass is 10.2. The van der Waals surface area contributed by atoms with Gasteiger partial charge in [0.1, 0.15) is 5.75 Å². The highest BCUT2D eigenvalue weighted by atomic mass is 32.3. The zero-order valence-corrected chi connectivity index (χ0v) is 16.2. The zero-order chi connectivity index (χ0) is 20.6. The number of hydrogen-bond donors (Lipinski definition) is 0. The lowest BCUT2D eigenvalue weighted by molar-refractivity contribution is -0.137. The van der Waals surface area contributed by atoms with Gasteiger partial charge in [0.15, 0.2) is 4.21 Å². The van der Waals surface area contributed by atoms with Crippen LogP contribution in [0.2, 0.25) is 0 Å². The Hall–Kier alpha value is -2.37. The molecule has 0 spiro atoms. The maximum atomic E-state index is 12.7. The number of halogens is 3. The van der Waals surface area contributed by atoms with Crippen molar-refractivity contribution in [3.8, 4) is 5.75 Å².